The van der Waals surface area contributed by atoms with Crippen molar-refractivity contribution in [2.45, 2.75) is 64.3 Å². The zero-order chi connectivity index (χ0) is 39.3. The van der Waals surface area contributed by atoms with E-state index in [9.17, 15) is 48.7 Å². The minimum atomic E-state index is -5.17. The van der Waals surface area contributed by atoms with Gasteiger partial charge in [-0.2, -0.15) is 39.5 Å². The molecule has 0 unspecified atom stereocenters. The summed E-state index contributed by atoms with van der Waals surface area (Å²) in [4.78, 5) is 20.2. The summed E-state index contributed by atoms with van der Waals surface area (Å²) in [6.45, 7) is 2.14. The molecule has 0 aliphatic carbocycles. The van der Waals surface area contributed by atoms with Gasteiger partial charge in [-0.3, -0.25) is 10.1 Å². The van der Waals surface area contributed by atoms with Crippen LogP contribution in [0.25, 0.3) is 11.1 Å². The molecule has 0 spiro atoms. The molecule has 8 nitrogen and oxygen atoms in total. The van der Waals surface area contributed by atoms with Crippen LogP contribution in [0.4, 0.5) is 55.5 Å². The lowest BCUT2D eigenvalue weighted by molar-refractivity contribution is -0.143. The summed E-state index contributed by atoms with van der Waals surface area (Å²) < 4.78 is 149. The number of hydrogen-bond donors (Lipinski definition) is 2. The number of hydrogen-bond acceptors (Lipinski definition) is 7. The molecule has 1 aromatic heterocycles. The number of carboxylic acid groups (broad SMARTS) is 1. The van der Waals surface area contributed by atoms with Crippen LogP contribution in [-0.2, 0) is 30.2 Å². The Labute approximate surface area is 296 Å². The molecule has 2 N–H and O–H groups in total. The zero-order valence-corrected chi connectivity index (χ0v) is 28.2. The highest BCUT2D eigenvalue weighted by molar-refractivity contribution is 5.77. The third-order valence-corrected chi connectivity index (χ3v) is 7.71. The van der Waals surface area contributed by atoms with Crippen molar-refractivity contribution in [2.24, 2.45) is 0 Å². The molecule has 0 saturated heterocycles. The van der Waals surface area contributed by atoms with Crippen LogP contribution in [-0.4, -0.2) is 41.1 Å². The average Bonchev–Trinajstić information content (AvgIpc) is 3.05. The molecular formula is C35H32F10N4O4. The number of rotatable bonds is 14. The number of alkyl halides is 9. The fourth-order valence-corrected chi connectivity index (χ4v) is 5.32. The van der Waals surface area contributed by atoms with E-state index in [-0.39, 0.29) is 71.1 Å². The second kappa shape index (κ2) is 16.2. The van der Waals surface area contributed by atoms with Crippen LogP contribution >= 0.6 is 0 Å². The molecule has 0 aliphatic rings. The molecule has 0 bridgehead atoms. The SMILES string of the molecule is COc1cc(F)c(C(C)C)cc1-c1ccc(NC(F)(F)F)cc1CN(Cc1cc(C(F)(F)F)cc(C(F)(F)F)c1)c1ncc(OCCCC(=O)O)cn1. The quantitative estimate of drug-likeness (QED) is 0.0745. The Morgan fingerprint density at radius 3 is 2.02 bits per heavy atom. The maximum atomic E-state index is 15.0. The van der Waals surface area contributed by atoms with Crippen molar-refractivity contribution in [3.63, 3.8) is 0 Å². The van der Waals surface area contributed by atoms with Crippen LogP contribution in [0.5, 0.6) is 11.5 Å². The van der Waals surface area contributed by atoms with Gasteiger partial charge in [0, 0.05) is 36.8 Å². The first-order valence-electron chi connectivity index (χ1n) is 15.7. The Morgan fingerprint density at radius 2 is 1.49 bits per heavy atom. The second-order valence-electron chi connectivity index (χ2n) is 12.1. The van der Waals surface area contributed by atoms with Gasteiger partial charge in [-0.25, -0.2) is 14.4 Å². The van der Waals surface area contributed by atoms with Crippen molar-refractivity contribution in [3.05, 3.63) is 94.6 Å². The minimum absolute atomic E-state index is 0.00965. The number of halogens is 10. The van der Waals surface area contributed by atoms with Crippen molar-refractivity contribution >= 4 is 17.6 Å². The first-order valence-corrected chi connectivity index (χ1v) is 15.7. The van der Waals surface area contributed by atoms with Gasteiger partial charge in [-0.15, -0.1) is 0 Å². The summed E-state index contributed by atoms with van der Waals surface area (Å²) >= 11 is 0. The normalized spacial score (nSPS) is 12.2. The summed E-state index contributed by atoms with van der Waals surface area (Å²) in [5.41, 5.74) is -3.45. The maximum Gasteiger partial charge on any atom is 0.482 e. The standard InChI is InChI=1S/C35H32F10N4O4/c1-19(2)27-13-28(30(52-3)14-29(27)36)26-7-6-24(48-35(43,44)45)11-21(26)18-49(32-46-15-25(16-47-32)53-8-4-5-31(50)51)17-20-9-22(33(37,38)39)12-23(10-20)34(40,41)42/h6-7,9-16,19,48H,4-5,8,17-18H2,1-3H3,(H,50,51). The maximum absolute atomic E-state index is 15.0. The van der Waals surface area contributed by atoms with Crippen LogP contribution < -0.4 is 19.7 Å². The summed E-state index contributed by atoms with van der Waals surface area (Å²) in [5, 5.41) is 10.2. The van der Waals surface area contributed by atoms with Gasteiger partial charge in [0.1, 0.15) is 11.6 Å². The molecule has 0 fully saturated rings. The van der Waals surface area contributed by atoms with Gasteiger partial charge in [0.2, 0.25) is 5.95 Å². The molecule has 3 aromatic carbocycles. The smallest absolute Gasteiger partial charge is 0.482 e. The van der Waals surface area contributed by atoms with E-state index in [0.717, 1.165) is 35.5 Å². The number of carbonyl (C=O) groups is 1. The Kier molecular flexibility index (Phi) is 12.3. The van der Waals surface area contributed by atoms with Crippen molar-refractivity contribution in [1.82, 2.24) is 9.97 Å². The van der Waals surface area contributed by atoms with E-state index in [2.05, 4.69) is 9.97 Å². The molecule has 0 saturated carbocycles. The van der Waals surface area contributed by atoms with Gasteiger partial charge in [-0.1, -0.05) is 19.9 Å². The molecule has 0 radical (unpaired) electrons. The number of anilines is 2. The lowest BCUT2D eigenvalue weighted by Gasteiger charge is -2.26. The Morgan fingerprint density at radius 1 is 0.868 bits per heavy atom. The van der Waals surface area contributed by atoms with E-state index >= 15 is 0 Å². The lowest BCUT2D eigenvalue weighted by atomic mass is 9.92. The van der Waals surface area contributed by atoms with Gasteiger partial charge >= 0.3 is 24.6 Å². The highest BCUT2D eigenvalue weighted by atomic mass is 19.4. The predicted octanol–water partition coefficient (Wildman–Crippen LogP) is 9.83. The number of benzene rings is 3. The molecule has 0 atom stereocenters. The average molecular weight is 763 g/mol. The second-order valence-corrected chi connectivity index (χ2v) is 12.1. The first kappa shape index (κ1) is 40.5. The molecule has 0 aliphatic heterocycles. The van der Waals surface area contributed by atoms with Crippen LogP contribution in [0.2, 0.25) is 0 Å². The Bertz CT molecular complexity index is 1860. The van der Waals surface area contributed by atoms with E-state index in [4.69, 9.17) is 14.6 Å². The number of aliphatic carboxylic acids is 1. The van der Waals surface area contributed by atoms with Crippen molar-refractivity contribution in [1.29, 1.82) is 0 Å². The lowest BCUT2D eigenvalue weighted by Crippen LogP contribution is -2.26. The first-order chi connectivity index (χ1) is 24.6. The van der Waals surface area contributed by atoms with E-state index in [1.165, 1.54) is 24.6 Å². The molecule has 4 rings (SSSR count). The number of aromatic nitrogens is 2. The van der Waals surface area contributed by atoms with E-state index in [0.29, 0.717) is 12.1 Å². The molecule has 4 aromatic rings. The van der Waals surface area contributed by atoms with E-state index in [1.807, 2.05) is 0 Å². The van der Waals surface area contributed by atoms with Crippen molar-refractivity contribution in [3.8, 4) is 22.6 Å². The Balaban J connectivity index is 1.89. The van der Waals surface area contributed by atoms with E-state index < -0.39 is 65.9 Å². The molecule has 286 valence electrons. The van der Waals surface area contributed by atoms with Crippen molar-refractivity contribution < 1.29 is 63.3 Å². The number of nitrogens with one attached hydrogen (secondary N) is 1. The molecular weight excluding hydrogens is 730 g/mol. The summed E-state index contributed by atoms with van der Waals surface area (Å²) in [5.74, 6) is -2.28. The van der Waals surface area contributed by atoms with Crippen molar-refractivity contribution in [2.75, 3.05) is 23.9 Å². The highest BCUT2D eigenvalue weighted by Gasteiger charge is 2.37. The van der Waals surface area contributed by atoms with Gasteiger partial charge in [-0.05, 0) is 71.0 Å². The molecule has 18 heteroatoms. The minimum Gasteiger partial charge on any atom is -0.496 e. The number of carboxylic acids is 1. The van der Waals surface area contributed by atoms with Crippen LogP contribution in [0.1, 0.15) is 60.4 Å². The topological polar surface area (TPSA) is 96.8 Å². The fourth-order valence-electron chi connectivity index (χ4n) is 5.32. The van der Waals surface area contributed by atoms with Gasteiger partial charge in [0.05, 0.1) is 37.2 Å². The summed E-state index contributed by atoms with van der Waals surface area (Å²) in [6, 6.07) is 6.93. The van der Waals surface area contributed by atoms with E-state index in [1.54, 1.807) is 13.8 Å². The highest BCUT2D eigenvalue weighted by Crippen LogP contribution is 2.40. The van der Waals surface area contributed by atoms with Crippen LogP contribution in [0.15, 0.2) is 60.9 Å². The number of nitrogens with zero attached hydrogens (tertiary/aromatic N) is 3. The number of ether oxygens (including phenoxy) is 2. The Hall–Kier alpha value is -5.29. The molecule has 0 amide bonds. The molecule has 53 heavy (non-hydrogen) atoms. The van der Waals surface area contributed by atoms with Gasteiger partial charge in [0.25, 0.3) is 0 Å². The van der Waals surface area contributed by atoms with Crippen LogP contribution in [0, 0.1) is 5.82 Å². The van der Waals surface area contributed by atoms with Gasteiger partial charge in [0.15, 0.2) is 5.75 Å². The number of methoxy groups -OCH3 is 1. The largest absolute Gasteiger partial charge is 0.496 e. The third kappa shape index (κ3) is 11.1. The fraction of sp³-hybridized carbons (Fsp3) is 0.343. The summed E-state index contributed by atoms with van der Waals surface area (Å²) in [7, 11) is 1.24. The monoisotopic (exact) mass is 762 g/mol. The van der Waals surface area contributed by atoms with Gasteiger partial charge < -0.3 is 19.5 Å². The molecule has 1 heterocycles. The predicted molar refractivity (Wildman–Crippen MR) is 173 cm³/mol. The zero-order valence-electron chi connectivity index (χ0n) is 28.2. The summed E-state index contributed by atoms with van der Waals surface area (Å²) in [6.07, 6.45) is -13.1. The third-order valence-electron chi connectivity index (χ3n) is 7.71. The van der Waals surface area contributed by atoms with Crippen LogP contribution in [0.3, 0.4) is 0 Å².